The van der Waals surface area contributed by atoms with Gasteiger partial charge in [-0.3, -0.25) is 0 Å². The van der Waals surface area contributed by atoms with Gasteiger partial charge in [-0.1, -0.05) is 30.7 Å². The van der Waals surface area contributed by atoms with Gasteiger partial charge in [-0.25, -0.2) is 4.39 Å². The minimum atomic E-state index is -4.41. The van der Waals surface area contributed by atoms with E-state index in [1.54, 1.807) is 6.92 Å². The quantitative estimate of drug-likeness (QED) is 0.807. The maximum absolute atomic E-state index is 13.5. The molecule has 0 spiro atoms. The van der Waals surface area contributed by atoms with Gasteiger partial charge >= 0.3 is 6.18 Å². The van der Waals surface area contributed by atoms with Gasteiger partial charge < -0.3 is 5.32 Å². The minimum Gasteiger partial charge on any atom is -0.306 e. The number of halogens is 5. The van der Waals surface area contributed by atoms with Crippen LogP contribution in [0.3, 0.4) is 0 Å². The van der Waals surface area contributed by atoms with Crippen molar-refractivity contribution in [1.29, 1.82) is 0 Å². The van der Waals surface area contributed by atoms with E-state index in [0.717, 1.165) is 0 Å². The Morgan fingerprint density at radius 1 is 1.33 bits per heavy atom. The summed E-state index contributed by atoms with van der Waals surface area (Å²) in [6.45, 7) is 1.99. The molecule has 0 radical (unpaired) electrons. The highest BCUT2D eigenvalue weighted by atomic mass is 35.5. The van der Waals surface area contributed by atoms with E-state index < -0.39 is 24.5 Å². The molecule has 6 heteroatoms. The van der Waals surface area contributed by atoms with Crippen LogP contribution in [0.5, 0.6) is 0 Å². The Hall–Kier alpha value is -0.810. The van der Waals surface area contributed by atoms with Crippen molar-refractivity contribution in [2.75, 3.05) is 6.54 Å². The number of rotatable bonds is 5. The number of nitrogens with one attached hydrogen (secondary N) is 1. The molecule has 18 heavy (non-hydrogen) atoms. The molecule has 1 aromatic rings. The zero-order valence-electron chi connectivity index (χ0n) is 9.82. The smallest absolute Gasteiger partial charge is 0.306 e. The summed E-state index contributed by atoms with van der Waals surface area (Å²) in [7, 11) is 0. The third-order valence-electron chi connectivity index (χ3n) is 2.49. The van der Waals surface area contributed by atoms with E-state index >= 15 is 0 Å². The van der Waals surface area contributed by atoms with Crippen LogP contribution in [-0.2, 0) is 6.42 Å². The number of benzene rings is 1. The highest BCUT2D eigenvalue weighted by Crippen LogP contribution is 2.26. The van der Waals surface area contributed by atoms with Crippen molar-refractivity contribution in [3.8, 4) is 0 Å². The summed E-state index contributed by atoms with van der Waals surface area (Å²) in [5.74, 6) is -0.785. The van der Waals surface area contributed by atoms with Crippen LogP contribution in [0.2, 0.25) is 5.02 Å². The Morgan fingerprint density at radius 3 is 2.56 bits per heavy atom. The summed E-state index contributed by atoms with van der Waals surface area (Å²) in [6.07, 6.45) is -4.30. The normalized spacial score (nSPS) is 13.7. The van der Waals surface area contributed by atoms with Crippen molar-refractivity contribution in [2.24, 2.45) is 0 Å². The lowest BCUT2D eigenvalue weighted by Crippen LogP contribution is -2.44. The predicted molar refractivity (Wildman–Crippen MR) is 63.3 cm³/mol. The maximum atomic E-state index is 13.5. The molecule has 0 heterocycles. The lowest BCUT2D eigenvalue weighted by Gasteiger charge is -2.21. The first kappa shape index (κ1) is 15.2. The molecule has 0 aromatic heterocycles. The molecular formula is C12H14ClF4N. The summed E-state index contributed by atoms with van der Waals surface area (Å²) in [5, 5.41) is 2.21. The van der Waals surface area contributed by atoms with E-state index in [0.29, 0.717) is 6.42 Å². The fourth-order valence-electron chi connectivity index (χ4n) is 1.55. The average Bonchev–Trinajstić information content (AvgIpc) is 2.28. The highest BCUT2D eigenvalue weighted by molar-refractivity contribution is 6.30. The van der Waals surface area contributed by atoms with Crippen LogP contribution in [0.25, 0.3) is 0 Å². The van der Waals surface area contributed by atoms with Crippen molar-refractivity contribution in [2.45, 2.75) is 32.0 Å². The lowest BCUT2D eigenvalue weighted by atomic mass is 10.0. The van der Waals surface area contributed by atoms with Crippen LogP contribution in [0.1, 0.15) is 18.9 Å². The predicted octanol–water partition coefficient (Wildman–Crippen LogP) is 3.95. The Balaban J connectivity index is 2.86. The number of alkyl halides is 3. The first-order valence-corrected chi connectivity index (χ1v) is 5.97. The van der Waals surface area contributed by atoms with Gasteiger partial charge in [0.15, 0.2) is 0 Å². The average molecular weight is 284 g/mol. The summed E-state index contributed by atoms with van der Waals surface area (Å²) in [6, 6.07) is 2.30. The van der Waals surface area contributed by atoms with Crippen LogP contribution < -0.4 is 5.32 Å². The monoisotopic (exact) mass is 283 g/mol. The zero-order valence-corrected chi connectivity index (χ0v) is 10.6. The SMILES string of the molecule is CCCNC(Cc1cccc(Cl)c1F)C(F)(F)F. The van der Waals surface area contributed by atoms with Gasteiger partial charge in [0.25, 0.3) is 0 Å². The second kappa shape index (κ2) is 6.38. The van der Waals surface area contributed by atoms with Crippen molar-refractivity contribution in [1.82, 2.24) is 5.32 Å². The van der Waals surface area contributed by atoms with E-state index in [-0.39, 0.29) is 17.1 Å². The van der Waals surface area contributed by atoms with Crippen molar-refractivity contribution in [3.05, 3.63) is 34.6 Å². The van der Waals surface area contributed by atoms with Crippen molar-refractivity contribution < 1.29 is 17.6 Å². The van der Waals surface area contributed by atoms with Crippen LogP contribution in [0.15, 0.2) is 18.2 Å². The van der Waals surface area contributed by atoms with Gasteiger partial charge in [0.1, 0.15) is 11.9 Å². The van der Waals surface area contributed by atoms with Gasteiger partial charge in [0.2, 0.25) is 0 Å². The summed E-state index contributed by atoms with van der Waals surface area (Å²) in [5.41, 5.74) is -0.0339. The fourth-order valence-corrected chi connectivity index (χ4v) is 1.74. The van der Waals surface area contributed by atoms with Crippen LogP contribution >= 0.6 is 11.6 Å². The van der Waals surface area contributed by atoms with Gasteiger partial charge in [-0.15, -0.1) is 0 Å². The molecule has 1 N–H and O–H groups in total. The molecule has 0 aliphatic rings. The maximum Gasteiger partial charge on any atom is 0.404 e. The van der Waals surface area contributed by atoms with Gasteiger partial charge in [0.05, 0.1) is 5.02 Å². The number of hydrogen-bond donors (Lipinski definition) is 1. The van der Waals surface area contributed by atoms with Crippen molar-refractivity contribution in [3.63, 3.8) is 0 Å². The summed E-state index contributed by atoms with van der Waals surface area (Å²) >= 11 is 5.54. The lowest BCUT2D eigenvalue weighted by molar-refractivity contribution is -0.155. The molecule has 0 saturated heterocycles. The highest BCUT2D eigenvalue weighted by Gasteiger charge is 2.39. The summed E-state index contributed by atoms with van der Waals surface area (Å²) < 4.78 is 51.8. The second-order valence-corrected chi connectivity index (χ2v) is 4.37. The first-order chi connectivity index (χ1) is 8.36. The van der Waals surface area contributed by atoms with E-state index in [1.807, 2.05) is 0 Å². The minimum absolute atomic E-state index is 0.0339. The van der Waals surface area contributed by atoms with Crippen LogP contribution in [-0.4, -0.2) is 18.8 Å². The zero-order chi connectivity index (χ0) is 13.8. The molecular weight excluding hydrogens is 270 g/mol. The molecule has 0 aliphatic heterocycles. The molecule has 0 saturated carbocycles. The molecule has 1 atom stereocenters. The molecule has 1 aromatic carbocycles. The molecule has 0 fully saturated rings. The van der Waals surface area contributed by atoms with E-state index in [9.17, 15) is 17.6 Å². The van der Waals surface area contributed by atoms with Gasteiger partial charge in [-0.05, 0) is 31.0 Å². The molecule has 1 nitrogen and oxygen atoms in total. The Kier molecular flexibility index (Phi) is 5.41. The second-order valence-electron chi connectivity index (χ2n) is 3.97. The van der Waals surface area contributed by atoms with E-state index in [2.05, 4.69) is 5.32 Å². The van der Waals surface area contributed by atoms with Crippen LogP contribution in [0.4, 0.5) is 17.6 Å². The fraction of sp³-hybridized carbons (Fsp3) is 0.500. The topological polar surface area (TPSA) is 12.0 Å². The molecule has 1 rings (SSSR count). The van der Waals surface area contributed by atoms with E-state index in [1.165, 1.54) is 18.2 Å². The van der Waals surface area contributed by atoms with Gasteiger partial charge in [0, 0.05) is 0 Å². The molecule has 1 unspecified atom stereocenters. The van der Waals surface area contributed by atoms with E-state index in [4.69, 9.17) is 11.6 Å². The van der Waals surface area contributed by atoms with Crippen LogP contribution in [0, 0.1) is 5.82 Å². The standard InChI is InChI=1S/C12H14ClF4N/c1-2-6-18-10(12(15,16)17)7-8-4-3-5-9(13)11(8)14/h3-5,10,18H,2,6-7H2,1H3. The molecule has 102 valence electrons. The third-order valence-corrected chi connectivity index (χ3v) is 2.78. The molecule has 0 bridgehead atoms. The largest absolute Gasteiger partial charge is 0.404 e. The molecule has 0 aliphatic carbocycles. The van der Waals surface area contributed by atoms with Gasteiger partial charge in [-0.2, -0.15) is 13.2 Å². The summed E-state index contributed by atoms with van der Waals surface area (Å²) in [4.78, 5) is 0. The Bertz CT molecular complexity index is 392. The Morgan fingerprint density at radius 2 is 2.00 bits per heavy atom. The third kappa shape index (κ3) is 4.14. The number of hydrogen-bond acceptors (Lipinski definition) is 1. The Labute approximate surface area is 108 Å². The first-order valence-electron chi connectivity index (χ1n) is 5.59. The molecule has 0 amide bonds. The van der Waals surface area contributed by atoms with Crippen molar-refractivity contribution >= 4 is 11.6 Å².